The Labute approximate surface area is 134 Å². The number of amides is 2. The highest BCUT2D eigenvalue weighted by atomic mass is 19.1. The van der Waals surface area contributed by atoms with Crippen molar-refractivity contribution in [1.82, 2.24) is 15.1 Å². The number of urea groups is 1. The summed E-state index contributed by atoms with van der Waals surface area (Å²) < 4.78 is 13.6. The lowest BCUT2D eigenvalue weighted by Gasteiger charge is -2.36. The number of nitrogens with one attached hydrogen (secondary N) is 2. The standard InChI is InChI=1S/C16H20FN5O/c1-11-15(12(2)20-19-11)21-7-9-22(10-8-21)16(23)18-14-6-4-3-5-13(14)17/h3-6H,7-10H2,1-2H3,(H,18,23)(H,19,20). The maximum Gasteiger partial charge on any atom is 0.322 e. The predicted molar refractivity (Wildman–Crippen MR) is 87.3 cm³/mol. The van der Waals surface area contributed by atoms with Crippen LogP contribution >= 0.6 is 0 Å². The Kier molecular flexibility index (Phi) is 4.18. The van der Waals surface area contributed by atoms with E-state index >= 15 is 0 Å². The van der Waals surface area contributed by atoms with Crippen LogP contribution in [-0.4, -0.2) is 47.3 Å². The number of halogens is 1. The van der Waals surface area contributed by atoms with Gasteiger partial charge in [-0.15, -0.1) is 0 Å². The van der Waals surface area contributed by atoms with E-state index < -0.39 is 5.82 Å². The zero-order valence-electron chi connectivity index (χ0n) is 13.3. The predicted octanol–water partition coefficient (Wildman–Crippen LogP) is 2.52. The number of piperazine rings is 1. The molecule has 1 aromatic heterocycles. The molecule has 7 heteroatoms. The number of H-pyrrole nitrogens is 1. The second kappa shape index (κ2) is 6.28. The summed E-state index contributed by atoms with van der Waals surface area (Å²) in [6.07, 6.45) is 0. The molecule has 0 unspecified atom stereocenters. The average molecular weight is 317 g/mol. The van der Waals surface area contributed by atoms with Crippen molar-refractivity contribution in [1.29, 1.82) is 0 Å². The largest absolute Gasteiger partial charge is 0.365 e. The van der Waals surface area contributed by atoms with Crippen molar-refractivity contribution in [2.45, 2.75) is 13.8 Å². The van der Waals surface area contributed by atoms with Gasteiger partial charge in [0, 0.05) is 26.2 Å². The van der Waals surface area contributed by atoms with Gasteiger partial charge in [0.25, 0.3) is 0 Å². The van der Waals surface area contributed by atoms with E-state index in [1.165, 1.54) is 6.07 Å². The second-order valence-electron chi connectivity index (χ2n) is 5.67. The van der Waals surface area contributed by atoms with Crippen LogP contribution in [-0.2, 0) is 0 Å². The molecule has 0 saturated carbocycles. The van der Waals surface area contributed by atoms with Crippen LogP contribution in [0.25, 0.3) is 0 Å². The average Bonchev–Trinajstić information content (AvgIpc) is 2.88. The normalized spacial score (nSPS) is 14.9. The van der Waals surface area contributed by atoms with E-state index in [4.69, 9.17) is 0 Å². The number of carbonyl (C=O) groups excluding carboxylic acids is 1. The van der Waals surface area contributed by atoms with E-state index in [9.17, 15) is 9.18 Å². The van der Waals surface area contributed by atoms with Gasteiger partial charge in [-0.2, -0.15) is 5.10 Å². The smallest absolute Gasteiger partial charge is 0.322 e. The minimum atomic E-state index is -0.427. The minimum Gasteiger partial charge on any atom is -0.365 e. The molecule has 2 N–H and O–H groups in total. The van der Waals surface area contributed by atoms with Gasteiger partial charge in [0.2, 0.25) is 0 Å². The van der Waals surface area contributed by atoms with Crippen molar-refractivity contribution in [2.24, 2.45) is 0 Å². The van der Waals surface area contributed by atoms with E-state index in [1.807, 2.05) is 13.8 Å². The first kappa shape index (κ1) is 15.3. The van der Waals surface area contributed by atoms with Crippen molar-refractivity contribution in [3.8, 4) is 0 Å². The number of rotatable bonds is 2. The van der Waals surface area contributed by atoms with Crippen LogP contribution in [0.4, 0.5) is 20.6 Å². The van der Waals surface area contributed by atoms with Crippen molar-refractivity contribution in [3.05, 3.63) is 41.5 Å². The number of carbonyl (C=O) groups is 1. The SMILES string of the molecule is Cc1n[nH]c(C)c1N1CCN(C(=O)Nc2ccccc2F)CC1. The summed E-state index contributed by atoms with van der Waals surface area (Å²) in [6, 6.07) is 5.91. The lowest BCUT2D eigenvalue weighted by Crippen LogP contribution is -2.50. The number of aryl methyl sites for hydroxylation is 2. The van der Waals surface area contributed by atoms with E-state index in [2.05, 4.69) is 20.4 Å². The summed E-state index contributed by atoms with van der Waals surface area (Å²) >= 11 is 0. The Morgan fingerprint density at radius 2 is 1.91 bits per heavy atom. The molecule has 0 aliphatic carbocycles. The highest BCUT2D eigenvalue weighted by Crippen LogP contribution is 2.23. The molecule has 122 valence electrons. The third-order valence-corrected chi connectivity index (χ3v) is 4.09. The second-order valence-corrected chi connectivity index (χ2v) is 5.67. The van der Waals surface area contributed by atoms with Gasteiger partial charge in [-0.25, -0.2) is 9.18 Å². The molecule has 1 fully saturated rings. The van der Waals surface area contributed by atoms with Gasteiger partial charge in [-0.1, -0.05) is 12.1 Å². The Balaban J connectivity index is 1.61. The molecule has 23 heavy (non-hydrogen) atoms. The van der Waals surface area contributed by atoms with E-state index in [1.54, 1.807) is 23.1 Å². The molecule has 6 nitrogen and oxygen atoms in total. The molecule has 2 aromatic rings. The molecular formula is C16H20FN5O. The van der Waals surface area contributed by atoms with Crippen LogP contribution < -0.4 is 10.2 Å². The number of para-hydroxylation sites is 1. The molecule has 0 spiro atoms. The quantitative estimate of drug-likeness (QED) is 0.894. The van der Waals surface area contributed by atoms with E-state index in [0.29, 0.717) is 13.1 Å². The minimum absolute atomic E-state index is 0.210. The maximum absolute atomic E-state index is 13.6. The highest BCUT2D eigenvalue weighted by molar-refractivity contribution is 5.89. The number of hydrogen-bond donors (Lipinski definition) is 2. The first-order valence-electron chi connectivity index (χ1n) is 7.63. The van der Waals surface area contributed by atoms with Crippen LogP contribution in [0.2, 0.25) is 0 Å². The van der Waals surface area contributed by atoms with Gasteiger partial charge in [0.15, 0.2) is 0 Å². The fourth-order valence-electron chi connectivity index (χ4n) is 2.90. The third-order valence-electron chi connectivity index (χ3n) is 4.09. The molecule has 0 bridgehead atoms. The van der Waals surface area contributed by atoms with Gasteiger partial charge in [0.05, 0.1) is 22.8 Å². The lowest BCUT2D eigenvalue weighted by atomic mass is 10.2. The number of aromatic nitrogens is 2. The fourth-order valence-corrected chi connectivity index (χ4v) is 2.90. The number of aromatic amines is 1. The van der Waals surface area contributed by atoms with Gasteiger partial charge in [-0.3, -0.25) is 5.10 Å². The molecule has 0 radical (unpaired) electrons. The Bertz CT molecular complexity index is 687. The van der Waals surface area contributed by atoms with E-state index in [-0.39, 0.29) is 11.7 Å². The molecule has 0 atom stereocenters. The molecule has 2 amide bonds. The van der Waals surface area contributed by atoms with Gasteiger partial charge >= 0.3 is 6.03 Å². The molecular weight excluding hydrogens is 297 g/mol. The van der Waals surface area contributed by atoms with Crippen LogP contribution in [0.3, 0.4) is 0 Å². The number of nitrogens with zero attached hydrogens (tertiary/aromatic N) is 3. The van der Waals surface area contributed by atoms with Crippen LogP contribution in [0.5, 0.6) is 0 Å². The van der Waals surface area contributed by atoms with Crippen molar-refractivity contribution in [3.63, 3.8) is 0 Å². The monoisotopic (exact) mass is 317 g/mol. The number of hydrogen-bond acceptors (Lipinski definition) is 3. The highest BCUT2D eigenvalue weighted by Gasteiger charge is 2.24. The summed E-state index contributed by atoms with van der Waals surface area (Å²) in [5.41, 5.74) is 3.32. The van der Waals surface area contributed by atoms with Crippen LogP contribution in [0.1, 0.15) is 11.4 Å². The Morgan fingerprint density at radius 1 is 1.22 bits per heavy atom. The van der Waals surface area contributed by atoms with Gasteiger partial charge in [-0.05, 0) is 26.0 Å². The van der Waals surface area contributed by atoms with Crippen molar-refractivity contribution < 1.29 is 9.18 Å². The summed E-state index contributed by atoms with van der Waals surface area (Å²) in [5, 5.41) is 9.82. The first-order valence-corrected chi connectivity index (χ1v) is 7.63. The Hall–Kier alpha value is -2.57. The van der Waals surface area contributed by atoms with Crippen molar-refractivity contribution >= 4 is 17.4 Å². The van der Waals surface area contributed by atoms with Crippen molar-refractivity contribution in [2.75, 3.05) is 36.4 Å². The third kappa shape index (κ3) is 3.13. The molecule has 2 heterocycles. The molecule has 3 rings (SSSR count). The molecule has 1 aromatic carbocycles. The molecule has 1 aliphatic rings. The van der Waals surface area contributed by atoms with Gasteiger partial charge < -0.3 is 15.1 Å². The first-order chi connectivity index (χ1) is 11.1. The fraction of sp³-hybridized carbons (Fsp3) is 0.375. The molecule has 1 aliphatic heterocycles. The van der Waals surface area contributed by atoms with Gasteiger partial charge in [0.1, 0.15) is 5.82 Å². The number of benzene rings is 1. The van der Waals surface area contributed by atoms with Crippen LogP contribution in [0, 0.1) is 19.7 Å². The zero-order chi connectivity index (χ0) is 16.4. The summed E-state index contributed by atoms with van der Waals surface area (Å²) in [7, 11) is 0. The maximum atomic E-state index is 13.6. The van der Waals surface area contributed by atoms with E-state index in [0.717, 1.165) is 30.2 Å². The number of anilines is 2. The zero-order valence-corrected chi connectivity index (χ0v) is 13.3. The Morgan fingerprint density at radius 3 is 2.52 bits per heavy atom. The summed E-state index contributed by atoms with van der Waals surface area (Å²) in [4.78, 5) is 16.2. The summed E-state index contributed by atoms with van der Waals surface area (Å²) in [6.45, 7) is 6.59. The topological polar surface area (TPSA) is 64.3 Å². The molecule has 1 saturated heterocycles. The van der Waals surface area contributed by atoms with Crippen LogP contribution in [0.15, 0.2) is 24.3 Å². The summed E-state index contributed by atoms with van der Waals surface area (Å²) in [5.74, 6) is -0.427. The lowest BCUT2D eigenvalue weighted by molar-refractivity contribution is 0.208.